The molecule has 0 aromatic carbocycles. The SMILES string of the molecule is CCOC(=O)CCN(C)CC1CCC(C)O1. The maximum absolute atomic E-state index is 11.2. The minimum atomic E-state index is -0.116. The number of hydrogen-bond acceptors (Lipinski definition) is 4. The monoisotopic (exact) mass is 229 g/mol. The summed E-state index contributed by atoms with van der Waals surface area (Å²) < 4.78 is 10.6. The van der Waals surface area contributed by atoms with Gasteiger partial charge in [0.1, 0.15) is 0 Å². The third kappa shape index (κ3) is 4.94. The van der Waals surface area contributed by atoms with Crippen LogP contribution in [0.2, 0.25) is 0 Å². The first kappa shape index (κ1) is 13.5. The highest BCUT2D eigenvalue weighted by molar-refractivity contribution is 5.69. The fourth-order valence-electron chi connectivity index (χ4n) is 1.97. The Kier molecular flexibility index (Phi) is 5.77. The average Bonchev–Trinajstić information content (AvgIpc) is 2.61. The van der Waals surface area contributed by atoms with Crippen molar-refractivity contribution >= 4 is 5.97 Å². The second-order valence-corrected chi connectivity index (χ2v) is 4.46. The Balaban J connectivity index is 2.11. The average molecular weight is 229 g/mol. The molecule has 1 aliphatic heterocycles. The molecule has 0 aliphatic carbocycles. The molecule has 1 fully saturated rings. The van der Waals surface area contributed by atoms with E-state index in [1.165, 1.54) is 0 Å². The Hall–Kier alpha value is -0.610. The molecular weight excluding hydrogens is 206 g/mol. The van der Waals surface area contributed by atoms with Crippen LogP contribution < -0.4 is 0 Å². The van der Waals surface area contributed by atoms with Gasteiger partial charge in [0.2, 0.25) is 0 Å². The van der Waals surface area contributed by atoms with Crippen LogP contribution in [0.25, 0.3) is 0 Å². The van der Waals surface area contributed by atoms with Crippen LogP contribution in [0.5, 0.6) is 0 Å². The smallest absolute Gasteiger partial charge is 0.307 e. The maximum atomic E-state index is 11.2. The molecule has 1 aliphatic rings. The standard InChI is InChI=1S/C12H23NO3/c1-4-15-12(14)7-8-13(3)9-11-6-5-10(2)16-11/h10-11H,4-9H2,1-3H3. The summed E-state index contributed by atoms with van der Waals surface area (Å²) in [5.41, 5.74) is 0. The zero-order chi connectivity index (χ0) is 12.0. The van der Waals surface area contributed by atoms with Crippen LogP contribution in [0.3, 0.4) is 0 Å². The predicted octanol–water partition coefficient (Wildman–Crippen LogP) is 1.44. The van der Waals surface area contributed by atoms with Crippen LogP contribution in [0.4, 0.5) is 0 Å². The Morgan fingerprint density at radius 3 is 2.81 bits per heavy atom. The van der Waals surface area contributed by atoms with Crippen molar-refractivity contribution in [2.45, 2.75) is 45.3 Å². The quantitative estimate of drug-likeness (QED) is 0.646. The molecule has 2 unspecified atom stereocenters. The van der Waals surface area contributed by atoms with Gasteiger partial charge in [-0.05, 0) is 33.7 Å². The van der Waals surface area contributed by atoms with Crippen molar-refractivity contribution < 1.29 is 14.3 Å². The third-order valence-corrected chi connectivity index (χ3v) is 2.84. The number of carbonyl (C=O) groups is 1. The van der Waals surface area contributed by atoms with Gasteiger partial charge in [0, 0.05) is 13.1 Å². The third-order valence-electron chi connectivity index (χ3n) is 2.84. The van der Waals surface area contributed by atoms with Crippen molar-refractivity contribution in [3.8, 4) is 0 Å². The fraction of sp³-hybridized carbons (Fsp3) is 0.917. The van der Waals surface area contributed by atoms with E-state index < -0.39 is 0 Å². The zero-order valence-electron chi connectivity index (χ0n) is 10.6. The van der Waals surface area contributed by atoms with Gasteiger partial charge in [-0.1, -0.05) is 0 Å². The van der Waals surface area contributed by atoms with Crippen LogP contribution in [0, 0.1) is 0 Å². The molecule has 0 bridgehead atoms. The predicted molar refractivity (Wildman–Crippen MR) is 62.3 cm³/mol. The van der Waals surface area contributed by atoms with E-state index in [2.05, 4.69) is 11.8 Å². The topological polar surface area (TPSA) is 38.8 Å². The van der Waals surface area contributed by atoms with Gasteiger partial charge in [-0.25, -0.2) is 0 Å². The molecule has 1 rings (SSSR count). The number of nitrogens with zero attached hydrogens (tertiary/aromatic N) is 1. The van der Waals surface area contributed by atoms with Crippen LogP contribution in [-0.4, -0.2) is 49.8 Å². The van der Waals surface area contributed by atoms with Crippen molar-refractivity contribution in [3.05, 3.63) is 0 Å². The van der Waals surface area contributed by atoms with E-state index in [-0.39, 0.29) is 5.97 Å². The summed E-state index contributed by atoms with van der Waals surface area (Å²) in [7, 11) is 2.02. The van der Waals surface area contributed by atoms with Crippen molar-refractivity contribution in [2.24, 2.45) is 0 Å². The van der Waals surface area contributed by atoms with E-state index >= 15 is 0 Å². The molecule has 4 nitrogen and oxygen atoms in total. The molecule has 0 amide bonds. The van der Waals surface area contributed by atoms with Gasteiger partial charge in [0.25, 0.3) is 0 Å². The summed E-state index contributed by atoms with van der Waals surface area (Å²) >= 11 is 0. The second kappa shape index (κ2) is 6.86. The summed E-state index contributed by atoms with van der Waals surface area (Å²) in [5.74, 6) is -0.116. The minimum absolute atomic E-state index is 0.116. The number of carbonyl (C=O) groups excluding carboxylic acids is 1. The lowest BCUT2D eigenvalue weighted by atomic mass is 10.2. The Morgan fingerprint density at radius 2 is 2.25 bits per heavy atom. The first-order chi connectivity index (χ1) is 7.61. The van der Waals surface area contributed by atoms with Crippen LogP contribution >= 0.6 is 0 Å². The largest absolute Gasteiger partial charge is 0.466 e. The van der Waals surface area contributed by atoms with Crippen molar-refractivity contribution in [1.82, 2.24) is 4.90 Å². The molecule has 0 saturated carbocycles. The number of esters is 1. The Morgan fingerprint density at radius 1 is 1.50 bits per heavy atom. The van der Waals surface area contributed by atoms with E-state index in [9.17, 15) is 4.79 Å². The number of rotatable bonds is 6. The second-order valence-electron chi connectivity index (χ2n) is 4.46. The van der Waals surface area contributed by atoms with E-state index in [1.807, 2.05) is 14.0 Å². The number of likely N-dealkylation sites (N-methyl/N-ethyl adjacent to an activating group) is 1. The molecule has 1 saturated heterocycles. The minimum Gasteiger partial charge on any atom is -0.466 e. The molecule has 0 spiro atoms. The molecule has 0 aromatic rings. The van der Waals surface area contributed by atoms with Crippen LogP contribution in [-0.2, 0) is 14.3 Å². The Labute approximate surface area is 97.9 Å². The van der Waals surface area contributed by atoms with Crippen molar-refractivity contribution in [1.29, 1.82) is 0 Å². The van der Waals surface area contributed by atoms with Crippen LogP contribution in [0.1, 0.15) is 33.1 Å². The molecule has 1 heterocycles. The summed E-state index contributed by atoms with van der Waals surface area (Å²) in [5, 5.41) is 0. The molecule has 4 heteroatoms. The van der Waals surface area contributed by atoms with Gasteiger partial charge in [0.15, 0.2) is 0 Å². The maximum Gasteiger partial charge on any atom is 0.307 e. The van der Waals surface area contributed by atoms with Gasteiger partial charge in [-0.2, -0.15) is 0 Å². The van der Waals surface area contributed by atoms with E-state index in [4.69, 9.17) is 9.47 Å². The van der Waals surface area contributed by atoms with Crippen molar-refractivity contribution in [2.75, 3.05) is 26.7 Å². The molecule has 16 heavy (non-hydrogen) atoms. The van der Waals surface area contributed by atoms with Gasteiger partial charge in [-0.3, -0.25) is 4.79 Å². The van der Waals surface area contributed by atoms with Crippen molar-refractivity contribution in [3.63, 3.8) is 0 Å². The summed E-state index contributed by atoms with van der Waals surface area (Å²) in [6.07, 6.45) is 3.47. The Bertz CT molecular complexity index is 220. The number of hydrogen-bond donors (Lipinski definition) is 0. The lowest BCUT2D eigenvalue weighted by molar-refractivity contribution is -0.143. The molecule has 94 valence electrons. The van der Waals surface area contributed by atoms with Gasteiger partial charge in [0.05, 0.1) is 25.2 Å². The zero-order valence-corrected chi connectivity index (χ0v) is 10.6. The molecular formula is C12H23NO3. The molecule has 2 atom stereocenters. The number of ether oxygens (including phenoxy) is 2. The van der Waals surface area contributed by atoms with Crippen LogP contribution in [0.15, 0.2) is 0 Å². The van der Waals surface area contributed by atoms with Gasteiger partial charge < -0.3 is 14.4 Å². The highest BCUT2D eigenvalue weighted by Crippen LogP contribution is 2.19. The summed E-state index contributed by atoms with van der Waals surface area (Å²) in [6.45, 7) is 6.05. The van der Waals surface area contributed by atoms with Gasteiger partial charge >= 0.3 is 5.97 Å². The summed E-state index contributed by atoms with van der Waals surface area (Å²) in [4.78, 5) is 13.3. The fourth-order valence-corrected chi connectivity index (χ4v) is 1.97. The van der Waals surface area contributed by atoms with Gasteiger partial charge in [-0.15, -0.1) is 0 Å². The highest BCUT2D eigenvalue weighted by Gasteiger charge is 2.22. The first-order valence-corrected chi connectivity index (χ1v) is 6.11. The normalized spacial score (nSPS) is 25.0. The van der Waals surface area contributed by atoms with E-state index in [0.717, 1.165) is 25.9 Å². The lowest BCUT2D eigenvalue weighted by Crippen LogP contribution is -2.31. The summed E-state index contributed by atoms with van der Waals surface area (Å²) in [6, 6.07) is 0. The first-order valence-electron chi connectivity index (χ1n) is 6.11. The molecule has 0 radical (unpaired) electrons. The molecule has 0 N–H and O–H groups in total. The van der Waals surface area contributed by atoms with E-state index in [0.29, 0.717) is 25.2 Å². The van der Waals surface area contributed by atoms with E-state index in [1.54, 1.807) is 0 Å². The highest BCUT2D eigenvalue weighted by atomic mass is 16.5. The molecule has 0 aromatic heterocycles. The lowest BCUT2D eigenvalue weighted by Gasteiger charge is -2.20.